The average Bonchev–Trinajstić information content (AvgIpc) is 2.84. The van der Waals surface area contributed by atoms with Gasteiger partial charge in [0.1, 0.15) is 10.6 Å². The van der Waals surface area contributed by atoms with Crippen molar-refractivity contribution in [2.24, 2.45) is 7.05 Å². The van der Waals surface area contributed by atoms with Crippen molar-refractivity contribution in [2.75, 3.05) is 4.72 Å². The summed E-state index contributed by atoms with van der Waals surface area (Å²) in [5.41, 5.74) is 1.41. The molecule has 0 aliphatic rings. The Morgan fingerprint density at radius 1 is 1.04 bits per heavy atom. The molecule has 6 nitrogen and oxygen atoms in total. The van der Waals surface area contributed by atoms with Gasteiger partial charge >= 0.3 is 0 Å². The standard InChI is InChI=1S/C19H19Cl2N3O3S/c1-11-10-15(20)12(2)18(16(11)21)28(26,27)22-17-13(3)23(4)24(19(17)25)14-8-6-5-7-9-14/h5-10,22H,1-4H3. The molecule has 0 aliphatic carbocycles. The van der Waals surface area contributed by atoms with E-state index >= 15 is 0 Å². The number of hydrogen-bond donors (Lipinski definition) is 1. The lowest BCUT2D eigenvalue weighted by Gasteiger charge is -2.14. The summed E-state index contributed by atoms with van der Waals surface area (Å²) in [6, 6.07) is 10.6. The number of aryl methyl sites for hydroxylation is 1. The van der Waals surface area contributed by atoms with Crippen LogP contribution in [0.2, 0.25) is 10.0 Å². The molecule has 1 N–H and O–H groups in total. The van der Waals surface area contributed by atoms with Crippen molar-refractivity contribution in [1.82, 2.24) is 9.36 Å². The van der Waals surface area contributed by atoms with Crippen LogP contribution in [0, 0.1) is 20.8 Å². The second kappa shape index (κ2) is 7.31. The zero-order chi connectivity index (χ0) is 20.8. The Balaban J connectivity index is 2.17. The minimum Gasteiger partial charge on any atom is -0.283 e. The normalized spacial score (nSPS) is 11.6. The molecule has 0 saturated heterocycles. The first-order chi connectivity index (χ1) is 13.1. The van der Waals surface area contributed by atoms with Gasteiger partial charge in [0.05, 0.1) is 16.4 Å². The summed E-state index contributed by atoms with van der Waals surface area (Å²) in [5.74, 6) is 0. The van der Waals surface area contributed by atoms with E-state index in [1.54, 1.807) is 62.8 Å². The first kappa shape index (κ1) is 20.5. The number of nitrogens with one attached hydrogen (secondary N) is 1. The van der Waals surface area contributed by atoms with Crippen LogP contribution in [0.5, 0.6) is 0 Å². The highest BCUT2D eigenvalue weighted by Gasteiger charge is 2.27. The molecule has 1 heterocycles. The van der Waals surface area contributed by atoms with Crippen LogP contribution in [0.4, 0.5) is 5.69 Å². The van der Waals surface area contributed by atoms with E-state index < -0.39 is 15.6 Å². The fraction of sp³-hybridized carbons (Fsp3) is 0.211. The molecule has 0 atom stereocenters. The van der Waals surface area contributed by atoms with Gasteiger partial charge in [-0.05, 0) is 50.1 Å². The molecular weight excluding hydrogens is 421 g/mol. The molecule has 148 valence electrons. The van der Waals surface area contributed by atoms with Crippen LogP contribution in [-0.2, 0) is 17.1 Å². The van der Waals surface area contributed by atoms with E-state index in [1.807, 2.05) is 6.07 Å². The highest BCUT2D eigenvalue weighted by atomic mass is 35.5. The number of para-hydroxylation sites is 1. The average molecular weight is 440 g/mol. The topological polar surface area (TPSA) is 73.1 Å². The molecule has 0 amide bonds. The number of rotatable bonds is 4. The molecule has 9 heteroatoms. The van der Waals surface area contributed by atoms with Gasteiger partial charge in [-0.15, -0.1) is 0 Å². The summed E-state index contributed by atoms with van der Waals surface area (Å²) in [5, 5.41) is 0.361. The fourth-order valence-electron chi connectivity index (χ4n) is 3.00. The van der Waals surface area contributed by atoms with Gasteiger partial charge in [0.25, 0.3) is 15.6 Å². The number of aromatic nitrogens is 2. The van der Waals surface area contributed by atoms with Crippen molar-refractivity contribution in [1.29, 1.82) is 0 Å². The predicted octanol–water partition coefficient (Wildman–Crippen LogP) is 4.21. The Labute approximate surface area is 173 Å². The van der Waals surface area contributed by atoms with Gasteiger partial charge in [-0.25, -0.2) is 13.1 Å². The van der Waals surface area contributed by atoms with Crippen molar-refractivity contribution in [2.45, 2.75) is 25.7 Å². The molecule has 0 saturated carbocycles. The molecule has 0 spiro atoms. The number of benzene rings is 2. The minimum atomic E-state index is -4.14. The van der Waals surface area contributed by atoms with Crippen LogP contribution >= 0.6 is 23.2 Å². The molecule has 0 radical (unpaired) electrons. The first-order valence-corrected chi connectivity index (χ1v) is 10.6. The summed E-state index contributed by atoms with van der Waals surface area (Å²) in [6.07, 6.45) is 0. The van der Waals surface area contributed by atoms with Crippen molar-refractivity contribution < 1.29 is 8.42 Å². The van der Waals surface area contributed by atoms with Gasteiger partial charge in [0.2, 0.25) is 0 Å². The van der Waals surface area contributed by atoms with Crippen LogP contribution < -0.4 is 10.3 Å². The van der Waals surface area contributed by atoms with Crippen LogP contribution in [0.25, 0.3) is 5.69 Å². The van der Waals surface area contributed by atoms with Crippen molar-refractivity contribution in [3.8, 4) is 5.69 Å². The SMILES string of the molecule is Cc1cc(Cl)c(C)c(S(=O)(=O)Nc2c(C)n(C)n(-c3ccccc3)c2=O)c1Cl. The van der Waals surface area contributed by atoms with Crippen molar-refractivity contribution in [3.05, 3.63) is 73.6 Å². The lowest BCUT2D eigenvalue weighted by Crippen LogP contribution is -2.23. The summed E-state index contributed by atoms with van der Waals surface area (Å²) in [6.45, 7) is 4.90. The second-order valence-electron chi connectivity index (χ2n) is 6.49. The van der Waals surface area contributed by atoms with Crippen LogP contribution in [0.1, 0.15) is 16.8 Å². The Kier molecular flexibility index (Phi) is 5.36. The molecule has 3 rings (SSSR count). The van der Waals surface area contributed by atoms with Gasteiger partial charge < -0.3 is 0 Å². The van der Waals surface area contributed by atoms with E-state index in [2.05, 4.69) is 4.72 Å². The maximum Gasteiger partial charge on any atom is 0.296 e. The van der Waals surface area contributed by atoms with Crippen molar-refractivity contribution in [3.63, 3.8) is 0 Å². The third kappa shape index (κ3) is 3.34. The third-order valence-corrected chi connectivity index (χ3v) is 7.16. The van der Waals surface area contributed by atoms with Gasteiger partial charge in [-0.2, -0.15) is 0 Å². The Hall–Kier alpha value is -2.22. The zero-order valence-electron chi connectivity index (χ0n) is 15.7. The maximum atomic E-state index is 13.1. The van der Waals surface area contributed by atoms with Crippen LogP contribution in [0.3, 0.4) is 0 Å². The van der Waals surface area contributed by atoms with Gasteiger partial charge in [-0.3, -0.25) is 14.2 Å². The fourth-order valence-corrected chi connectivity index (χ4v) is 5.34. The Morgan fingerprint density at radius 3 is 2.25 bits per heavy atom. The van der Waals surface area contributed by atoms with Crippen LogP contribution in [0.15, 0.2) is 46.1 Å². The van der Waals surface area contributed by atoms with E-state index in [0.29, 0.717) is 22.5 Å². The smallest absolute Gasteiger partial charge is 0.283 e. The molecule has 3 aromatic rings. The van der Waals surface area contributed by atoms with Gasteiger partial charge in [0, 0.05) is 12.1 Å². The molecular formula is C19H19Cl2N3O3S. The summed E-state index contributed by atoms with van der Waals surface area (Å²) < 4.78 is 31.6. The number of anilines is 1. The monoisotopic (exact) mass is 439 g/mol. The highest BCUT2D eigenvalue weighted by molar-refractivity contribution is 7.93. The van der Waals surface area contributed by atoms with E-state index in [0.717, 1.165) is 0 Å². The summed E-state index contributed by atoms with van der Waals surface area (Å²) >= 11 is 12.4. The van der Waals surface area contributed by atoms with E-state index in [4.69, 9.17) is 23.2 Å². The molecule has 1 aromatic heterocycles. The summed E-state index contributed by atoms with van der Waals surface area (Å²) in [4.78, 5) is 12.8. The Bertz CT molecular complexity index is 1200. The third-order valence-electron chi connectivity index (χ3n) is 4.65. The van der Waals surface area contributed by atoms with Crippen LogP contribution in [-0.4, -0.2) is 17.8 Å². The Morgan fingerprint density at radius 2 is 1.64 bits per heavy atom. The van der Waals surface area contributed by atoms with E-state index in [9.17, 15) is 13.2 Å². The molecule has 0 unspecified atom stereocenters. The van der Waals surface area contributed by atoms with Gasteiger partial charge in [-0.1, -0.05) is 41.4 Å². The van der Waals surface area contributed by atoms with E-state index in [-0.39, 0.29) is 20.6 Å². The number of sulfonamides is 1. The molecule has 2 aromatic carbocycles. The van der Waals surface area contributed by atoms with E-state index in [1.165, 1.54) is 4.68 Å². The number of hydrogen-bond acceptors (Lipinski definition) is 3. The highest BCUT2D eigenvalue weighted by Crippen LogP contribution is 2.34. The lowest BCUT2D eigenvalue weighted by atomic mass is 10.2. The molecule has 0 fully saturated rings. The molecule has 28 heavy (non-hydrogen) atoms. The predicted molar refractivity (Wildman–Crippen MR) is 112 cm³/mol. The quantitative estimate of drug-likeness (QED) is 0.661. The first-order valence-electron chi connectivity index (χ1n) is 8.38. The maximum absolute atomic E-state index is 13.1. The largest absolute Gasteiger partial charge is 0.296 e. The van der Waals surface area contributed by atoms with Crippen molar-refractivity contribution >= 4 is 38.9 Å². The minimum absolute atomic E-state index is 0.0422. The molecule has 0 aliphatic heterocycles. The number of halogens is 2. The van der Waals surface area contributed by atoms with Gasteiger partial charge in [0.15, 0.2) is 0 Å². The zero-order valence-corrected chi connectivity index (χ0v) is 18.1. The molecule has 0 bridgehead atoms. The second-order valence-corrected chi connectivity index (χ2v) is 8.89. The number of nitrogens with zero attached hydrogens (tertiary/aromatic N) is 2. The summed E-state index contributed by atoms with van der Waals surface area (Å²) in [7, 11) is -2.46. The lowest BCUT2D eigenvalue weighted by molar-refractivity contribution is 0.600.